The van der Waals surface area contributed by atoms with Gasteiger partial charge in [-0.3, -0.25) is 4.79 Å². The first-order valence-corrected chi connectivity index (χ1v) is 7.13. The summed E-state index contributed by atoms with van der Waals surface area (Å²) < 4.78 is 4.38. The van der Waals surface area contributed by atoms with Gasteiger partial charge in [-0.25, -0.2) is 0 Å². The summed E-state index contributed by atoms with van der Waals surface area (Å²) in [5.74, 6) is 0.130. The average Bonchev–Trinajstić information content (AvgIpc) is 2.27. The van der Waals surface area contributed by atoms with Crippen molar-refractivity contribution in [2.45, 2.75) is 57.1 Å². The summed E-state index contributed by atoms with van der Waals surface area (Å²) in [7, 11) is 0. The van der Waals surface area contributed by atoms with E-state index in [4.69, 9.17) is 4.74 Å². The minimum Gasteiger partial charge on any atom is -0.465 e. The fraction of sp³-hybridized carbons (Fsp3) is 0.917. The van der Waals surface area contributed by atoms with E-state index in [1.807, 2.05) is 0 Å². The maximum absolute atomic E-state index is 11.5. The first-order valence-electron chi connectivity index (χ1n) is 6.05. The van der Waals surface area contributed by atoms with Crippen LogP contribution in [-0.2, 0) is 9.53 Å². The van der Waals surface area contributed by atoms with Crippen molar-refractivity contribution in [3.05, 3.63) is 0 Å². The molecule has 96 valence electrons. The normalized spacial score (nSPS) is 14.5. The third-order valence-electron chi connectivity index (χ3n) is 2.48. The quantitative estimate of drug-likeness (QED) is 0.379. The number of carbonyl (C=O) groups is 1. The highest BCUT2D eigenvalue weighted by Crippen LogP contribution is 2.17. The van der Waals surface area contributed by atoms with Crippen LogP contribution in [-0.4, -0.2) is 23.1 Å². The maximum Gasteiger partial charge on any atom is 0.322 e. The second-order valence-electron chi connectivity index (χ2n) is 4.34. The molecule has 0 heterocycles. The zero-order valence-corrected chi connectivity index (χ0v) is 12.2. The van der Waals surface area contributed by atoms with Crippen LogP contribution in [0, 0.1) is 0 Å². The van der Waals surface area contributed by atoms with Gasteiger partial charge in [-0.15, -0.1) is 0 Å². The van der Waals surface area contributed by atoms with Crippen molar-refractivity contribution in [3.8, 4) is 0 Å². The summed E-state index contributed by atoms with van der Waals surface area (Å²) in [5, 5.41) is 0. The molecule has 0 amide bonds. The van der Waals surface area contributed by atoms with E-state index in [-0.39, 0.29) is 5.97 Å². The van der Waals surface area contributed by atoms with Gasteiger partial charge < -0.3 is 4.74 Å². The smallest absolute Gasteiger partial charge is 0.322 e. The van der Waals surface area contributed by atoms with Gasteiger partial charge >= 0.3 is 5.97 Å². The van der Waals surface area contributed by atoms with Crippen LogP contribution in [0.25, 0.3) is 0 Å². The van der Waals surface area contributed by atoms with Crippen molar-refractivity contribution >= 4 is 31.2 Å². The molecule has 0 aliphatic heterocycles. The molecule has 0 radical (unpaired) electrons. The number of thiol groups is 2. The minimum absolute atomic E-state index is 0.264. The van der Waals surface area contributed by atoms with Crippen molar-refractivity contribution in [2.24, 2.45) is 0 Å². The molecule has 0 bridgehead atoms. The SMILES string of the molecule is CCCCCCCCOC(=O)C(C)(S)CS. The van der Waals surface area contributed by atoms with Gasteiger partial charge in [0.2, 0.25) is 0 Å². The van der Waals surface area contributed by atoms with E-state index in [0.717, 1.165) is 12.8 Å². The Bertz CT molecular complexity index is 193. The lowest BCUT2D eigenvalue weighted by Crippen LogP contribution is -2.33. The van der Waals surface area contributed by atoms with E-state index in [0.29, 0.717) is 12.4 Å². The lowest BCUT2D eigenvalue weighted by Gasteiger charge is -2.18. The molecular formula is C12H24O2S2. The summed E-state index contributed by atoms with van der Waals surface area (Å²) in [5.41, 5.74) is 0. The van der Waals surface area contributed by atoms with E-state index in [2.05, 4.69) is 32.2 Å². The largest absolute Gasteiger partial charge is 0.465 e. The Morgan fingerprint density at radius 3 is 2.31 bits per heavy atom. The lowest BCUT2D eigenvalue weighted by molar-refractivity contribution is -0.145. The molecule has 4 heteroatoms. The molecule has 0 aromatic heterocycles. The van der Waals surface area contributed by atoms with Gasteiger partial charge in [0.15, 0.2) is 0 Å². The molecule has 0 N–H and O–H groups in total. The monoisotopic (exact) mass is 264 g/mol. The topological polar surface area (TPSA) is 26.3 Å². The number of hydrogen-bond donors (Lipinski definition) is 2. The highest BCUT2D eigenvalue weighted by molar-refractivity contribution is 7.86. The zero-order chi connectivity index (χ0) is 12.4. The van der Waals surface area contributed by atoms with Crippen LogP contribution < -0.4 is 0 Å². The number of unbranched alkanes of at least 4 members (excludes halogenated alkanes) is 5. The van der Waals surface area contributed by atoms with Gasteiger partial charge in [-0.05, 0) is 13.3 Å². The summed E-state index contributed by atoms with van der Waals surface area (Å²) in [6.07, 6.45) is 7.16. The fourth-order valence-corrected chi connectivity index (χ4v) is 1.46. The molecule has 0 fully saturated rings. The average molecular weight is 264 g/mol. The highest BCUT2D eigenvalue weighted by Gasteiger charge is 2.28. The Labute approximate surface area is 110 Å². The molecule has 1 unspecified atom stereocenters. The van der Waals surface area contributed by atoms with Crippen LogP contribution in [0.3, 0.4) is 0 Å². The summed E-state index contributed by atoms with van der Waals surface area (Å²) in [6.45, 7) is 4.44. The molecule has 16 heavy (non-hydrogen) atoms. The van der Waals surface area contributed by atoms with Crippen molar-refractivity contribution < 1.29 is 9.53 Å². The Balaban J connectivity index is 3.42. The van der Waals surface area contributed by atoms with Gasteiger partial charge in [0.1, 0.15) is 4.75 Å². The van der Waals surface area contributed by atoms with Crippen molar-refractivity contribution in [1.82, 2.24) is 0 Å². The molecule has 0 saturated heterocycles. The standard InChI is InChI=1S/C12H24O2S2/c1-3-4-5-6-7-8-9-14-11(13)12(2,16)10-15/h15-16H,3-10H2,1-2H3. The second-order valence-corrected chi connectivity index (χ2v) is 5.64. The maximum atomic E-state index is 11.5. The number of carbonyl (C=O) groups excluding carboxylic acids is 1. The number of ether oxygens (including phenoxy) is 1. The van der Waals surface area contributed by atoms with Crippen LogP contribution >= 0.6 is 25.3 Å². The van der Waals surface area contributed by atoms with Gasteiger partial charge in [-0.1, -0.05) is 39.0 Å². The molecule has 0 saturated carbocycles. The Morgan fingerprint density at radius 2 is 1.75 bits per heavy atom. The third-order valence-corrected chi connectivity index (χ3v) is 3.70. The van der Waals surface area contributed by atoms with Crippen LogP contribution in [0.2, 0.25) is 0 Å². The predicted octanol–water partition coefficient (Wildman–Crippen LogP) is 3.51. The molecule has 0 rings (SSSR count). The third kappa shape index (κ3) is 7.44. The van der Waals surface area contributed by atoms with Gasteiger partial charge in [-0.2, -0.15) is 25.3 Å². The van der Waals surface area contributed by atoms with E-state index < -0.39 is 4.75 Å². The summed E-state index contributed by atoms with van der Waals surface area (Å²) in [4.78, 5) is 11.5. The van der Waals surface area contributed by atoms with E-state index >= 15 is 0 Å². The number of hydrogen-bond acceptors (Lipinski definition) is 4. The van der Waals surface area contributed by atoms with Crippen molar-refractivity contribution in [1.29, 1.82) is 0 Å². The molecule has 0 spiro atoms. The second kappa shape index (κ2) is 9.23. The first kappa shape index (κ1) is 16.2. The number of rotatable bonds is 9. The molecule has 2 nitrogen and oxygen atoms in total. The van der Waals surface area contributed by atoms with E-state index in [1.54, 1.807) is 6.92 Å². The minimum atomic E-state index is -0.759. The van der Waals surface area contributed by atoms with Crippen molar-refractivity contribution in [2.75, 3.05) is 12.4 Å². The van der Waals surface area contributed by atoms with Gasteiger partial charge in [0, 0.05) is 5.75 Å². The van der Waals surface area contributed by atoms with Crippen LogP contribution in [0.5, 0.6) is 0 Å². The Kier molecular flexibility index (Phi) is 9.32. The first-order chi connectivity index (χ1) is 7.54. The predicted molar refractivity (Wildman–Crippen MR) is 75.6 cm³/mol. The van der Waals surface area contributed by atoms with Gasteiger partial charge in [0.05, 0.1) is 6.61 Å². The molecule has 1 atom stereocenters. The fourth-order valence-electron chi connectivity index (χ4n) is 1.27. The van der Waals surface area contributed by atoms with E-state index in [9.17, 15) is 4.79 Å². The Hall–Kier alpha value is 0.170. The lowest BCUT2D eigenvalue weighted by atomic mass is 10.1. The highest BCUT2D eigenvalue weighted by atomic mass is 32.1. The van der Waals surface area contributed by atoms with Gasteiger partial charge in [0.25, 0.3) is 0 Å². The molecule has 0 aromatic carbocycles. The zero-order valence-electron chi connectivity index (χ0n) is 10.4. The molecule has 0 aliphatic carbocycles. The summed E-state index contributed by atoms with van der Waals surface area (Å²) in [6, 6.07) is 0. The van der Waals surface area contributed by atoms with Crippen LogP contribution in [0.1, 0.15) is 52.4 Å². The molecule has 0 aromatic rings. The van der Waals surface area contributed by atoms with Crippen molar-refractivity contribution in [3.63, 3.8) is 0 Å². The summed E-state index contributed by atoms with van der Waals surface area (Å²) >= 11 is 8.27. The van der Waals surface area contributed by atoms with Crippen LogP contribution in [0.4, 0.5) is 0 Å². The van der Waals surface area contributed by atoms with E-state index in [1.165, 1.54) is 25.7 Å². The molecule has 0 aliphatic rings. The number of esters is 1. The van der Waals surface area contributed by atoms with Crippen LogP contribution in [0.15, 0.2) is 0 Å². The Morgan fingerprint density at radius 1 is 1.19 bits per heavy atom. The molecular weight excluding hydrogens is 240 g/mol.